The second-order valence-corrected chi connectivity index (χ2v) is 3.56. The van der Waals surface area contributed by atoms with Gasteiger partial charge in [-0.2, -0.15) is 5.10 Å². The maximum absolute atomic E-state index is 5.77. The molecule has 0 bridgehead atoms. The Kier molecular flexibility index (Phi) is 3.34. The molecular weight excluding hydrogens is 226 g/mol. The Morgan fingerprint density at radius 3 is 2.62 bits per heavy atom. The molecule has 4 nitrogen and oxygen atoms in total. The van der Waals surface area contributed by atoms with Crippen LogP contribution in [-0.4, -0.2) is 10.2 Å². The van der Waals surface area contributed by atoms with Crippen molar-refractivity contribution in [3.63, 3.8) is 0 Å². The molecule has 0 aliphatic rings. The van der Waals surface area contributed by atoms with E-state index in [1.54, 1.807) is 36.5 Å². The highest BCUT2D eigenvalue weighted by atomic mass is 35.5. The first kappa shape index (κ1) is 10.9. The second-order valence-electron chi connectivity index (χ2n) is 3.12. The molecule has 0 aliphatic carbocycles. The average molecular weight is 236 g/mol. The molecule has 0 spiro atoms. The third kappa shape index (κ3) is 2.48. The molecule has 0 radical (unpaired) electrons. The largest absolute Gasteiger partial charge is 0.437 e. The molecule has 2 N–H and O–H groups in total. The highest BCUT2D eigenvalue weighted by Crippen LogP contribution is 2.23. The Balaban J connectivity index is 2.23. The van der Waals surface area contributed by atoms with E-state index in [4.69, 9.17) is 22.1 Å². The normalized spacial score (nSPS) is 10.1. The predicted octanol–water partition coefficient (Wildman–Crippen LogP) is 2.38. The van der Waals surface area contributed by atoms with Gasteiger partial charge in [0.05, 0.1) is 6.20 Å². The predicted molar refractivity (Wildman–Crippen MR) is 61.4 cm³/mol. The summed E-state index contributed by atoms with van der Waals surface area (Å²) < 4.78 is 5.54. The summed E-state index contributed by atoms with van der Waals surface area (Å²) in [5, 5.41) is 8.29. The van der Waals surface area contributed by atoms with Crippen LogP contribution < -0.4 is 10.5 Å². The van der Waals surface area contributed by atoms with Gasteiger partial charge in [0.2, 0.25) is 5.88 Å². The molecule has 1 aromatic heterocycles. The molecule has 0 aliphatic heterocycles. The summed E-state index contributed by atoms with van der Waals surface area (Å²) in [6, 6.07) is 8.79. The molecule has 1 heterocycles. The number of rotatable bonds is 3. The van der Waals surface area contributed by atoms with E-state index in [0.717, 1.165) is 5.56 Å². The summed E-state index contributed by atoms with van der Waals surface area (Å²) in [7, 11) is 0. The lowest BCUT2D eigenvalue weighted by molar-refractivity contribution is 0.448. The number of nitrogens with two attached hydrogens (primary N) is 1. The Morgan fingerprint density at radius 1 is 1.19 bits per heavy atom. The molecule has 82 valence electrons. The van der Waals surface area contributed by atoms with Crippen LogP contribution >= 0.6 is 11.6 Å². The van der Waals surface area contributed by atoms with E-state index < -0.39 is 0 Å². The van der Waals surface area contributed by atoms with Crippen LogP contribution in [0.1, 0.15) is 5.56 Å². The minimum atomic E-state index is 0.360. The number of ether oxygens (including phenoxy) is 1. The van der Waals surface area contributed by atoms with Gasteiger partial charge in [-0.3, -0.25) is 0 Å². The minimum Gasteiger partial charge on any atom is -0.437 e. The highest BCUT2D eigenvalue weighted by molar-refractivity contribution is 6.30. The summed E-state index contributed by atoms with van der Waals surface area (Å²) in [6.07, 6.45) is 1.58. The summed E-state index contributed by atoms with van der Waals surface area (Å²) in [5.74, 6) is 1.08. The fourth-order valence-electron chi connectivity index (χ4n) is 1.20. The smallest absolute Gasteiger partial charge is 0.243 e. The number of nitrogens with zero attached hydrogens (tertiary/aromatic N) is 2. The van der Waals surface area contributed by atoms with Crippen molar-refractivity contribution in [3.8, 4) is 11.6 Å². The van der Waals surface area contributed by atoms with Crippen molar-refractivity contribution in [1.82, 2.24) is 10.2 Å². The number of benzene rings is 1. The minimum absolute atomic E-state index is 0.360. The monoisotopic (exact) mass is 235 g/mol. The molecule has 16 heavy (non-hydrogen) atoms. The second kappa shape index (κ2) is 4.92. The van der Waals surface area contributed by atoms with Crippen LogP contribution in [0.15, 0.2) is 36.5 Å². The zero-order valence-electron chi connectivity index (χ0n) is 8.43. The van der Waals surface area contributed by atoms with Crippen LogP contribution in [0, 0.1) is 0 Å². The lowest BCUT2D eigenvalue weighted by atomic mass is 10.3. The molecule has 0 atom stereocenters. The van der Waals surface area contributed by atoms with Crippen molar-refractivity contribution in [2.75, 3.05) is 0 Å². The van der Waals surface area contributed by atoms with E-state index in [2.05, 4.69) is 10.2 Å². The summed E-state index contributed by atoms with van der Waals surface area (Å²) >= 11 is 5.77. The Hall–Kier alpha value is -1.65. The van der Waals surface area contributed by atoms with Gasteiger partial charge in [-0.15, -0.1) is 5.10 Å². The average Bonchev–Trinajstić information content (AvgIpc) is 2.33. The van der Waals surface area contributed by atoms with E-state index in [1.165, 1.54) is 0 Å². The maximum Gasteiger partial charge on any atom is 0.243 e. The van der Waals surface area contributed by atoms with Crippen LogP contribution in [0.5, 0.6) is 11.6 Å². The molecule has 0 saturated heterocycles. The molecule has 1 aromatic carbocycles. The van der Waals surface area contributed by atoms with Crippen molar-refractivity contribution in [2.24, 2.45) is 5.73 Å². The van der Waals surface area contributed by atoms with E-state index >= 15 is 0 Å². The highest BCUT2D eigenvalue weighted by Gasteiger charge is 2.04. The van der Waals surface area contributed by atoms with Gasteiger partial charge in [0.25, 0.3) is 0 Å². The Bertz CT molecular complexity index is 473. The van der Waals surface area contributed by atoms with Crippen LogP contribution in [0.2, 0.25) is 5.02 Å². The number of aromatic nitrogens is 2. The van der Waals surface area contributed by atoms with Gasteiger partial charge in [0, 0.05) is 17.1 Å². The molecule has 2 aromatic rings. The standard InChI is InChI=1S/C11H10ClN3O/c12-9-1-3-10(4-2-9)16-11-8(7-13)5-6-14-15-11/h1-6H,7,13H2. The molecule has 0 unspecified atom stereocenters. The maximum atomic E-state index is 5.77. The van der Waals surface area contributed by atoms with Gasteiger partial charge in [-0.25, -0.2) is 0 Å². The lowest BCUT2D eigenvalue weighted by Gasteiger charge is -2.07. The summed E-state index contributed by atoms with van der Waals surface area (Å²) in [5.41, 5.74) is 6.37. The van der Waals surface area contributed by atoms with Crippen molar-refractivity contribution in [1.29, 1.82) is 0 Å². The zero-order chi connectivity index (χ0) is 11.4. The van der Waals surface area contributed by atoms with Gasteiger partial charge in [-0.05, 0) is 30.3 Å². The molecule has 2 rings (SSSR count). The summed E-state index contributed by atoms with van der Waals surface area (Å²) in [6.45, 7) is 0.360. The summed E-state index contributed by atoms with van der Waals surface area (Å²) in [4.78, 5) is 0. The van der Waals surface area contributed by atoms with Crippen molar-refractivity contribution >= 4 is 11.6 Å². The Labute approximate surface area is 98.0 Å². The first-order valence-electron chi connectivity index (χ1n) is 4.73. The van der Waals surface area contributed by atoms with Crippen LogP contribution in [0.4, 0.5) is 0 Å². The SMILES string of the molecule is NCc1ccnnc1Oc1ccc(Cl)cc1. The van der Waals surface area contributed by atoms with Crippen LogP contribution in [-0.2, 0) is 6.54 Å². The quantitative estimate of drug-likeness (QED) is 0.887. The van der Waals surface area contributed by atoms with E-state index in [9.17, 15) is 0 Å². The van der Waals surface area contributed by atoms with Crippen LogP contribution in [0.25, 0.3) is 0 Å². The lowest BCUT2D eigenvalue weighted by Crippen LogP contribution is -2.01. The number of hydrogen-bond donors (Lipinski definition) is 1. The topological polar surface area (TPSA) is 61.0 Å². The number of hydrogen-bond acceptors (Lipinski definition) is 4. The van der Waals surface area contributed by atoms with E-state index in [0.29, 0.717) is 23.2 Å². The molecule has 5 heteroatoms. The van der Waals surface area contributed by atoms with Crippen molar-refractivity contribution < 1.29 is 4.74 Å². The fourth-order valence-corrected chi connectivity index (χ4v) is 1.33. The first-order valence-corrected chi connectivity index (χ1v) is 5.11. The molecule has 0 amide bonds. The van der Waals surface area contributed by atoms with Crippen molar-refractivity contribution in [2.45, 2.75) is 6.54 Å². The van der Waals surface area contributed by atoms with Gasteiger partial charge >= 0.3 is 0 Å². The van der Waals surface area contributed by atoms with Gasteiger partial charge in [0.15, 0.2) is 0 Å². The number of halogens is 1. The van der Waals surface area contributed by atoms with Gasteiger partial charge in [-0.1, -0.05) is 11.6 Å². The zero-order valence-corrected chi connectivity index (χ0v) is 9.19. The van der Waals surface area contributed by atoms with Crippen LogP contribution in [0.3, 0.4) is 0 Å². The van der Waals surface area contributed by atoms with E-state index in [1.807, 2.05) is 0 Å². The fraction of sp³-hybridized carbons (Fsp3) is 0.0909. The molecule has 0 saturated carbocycles. The third-order valence-electron chi connectivity index (χ3n) is 2.01. The first-order chi connectivity index (χ1) is 7.79. The third-order valence-corrected chi connectivity index (χ3v) is 2.27. The van der Waals surface area contributed by atoms with Gasteiger partial charge < -0.3 is 10.5 Å². The van der Waals surface area contributed by atoms with Gasteiger partial charge in [0.1, 0.15) is 5.75 Å². The molecular formula is C11H10ClN3O. The Morgan fingerprint density at radius 2 is 1.94 bits per heavy atom. The van der Waals surface area contributed by atoms with Crippen molar-refractivity contribution in [3.05, 3.63) is 47.1 Å². The molecule has 0 fully saturated rings. The van der Waals surface area contributed by atoms with E-state index in [-0.39, 0.29) is 0 Å².